The maximum absolute atomic E-state index is 12.4. The lowest BCUT2D eigenvalue weighted by molar-refractivity contribution is 0.408. The van der Waals surface area contributed by atoms with Crippen LogP contribution in [-0.4, -0.2) is 22.6 Å². The normalized spacial score (nSPS) is 11.5. The Morgan fingerprint density at radius 2 is 1.67 bits per heavy atom. The number of sulfonamides is 1. The number of rotatable bonds is 7. The molecule has 2 aromatic carbocycles. The van der Waals surface area contributed by atoms with E-state index in [4.69, 9.17) is 9.47 Å². The molecule has 0 aliphatic carbocycles. The van der Waals surface area contributed by atoms with E-state index in [-0.39, 0.29) is 11.4 Å². The molecule has 0 radical (unpaired) electrons. The molecule has 0 atom stereocenters. The molecule has 130 valence electrons. The summed E-state index contributed by atoms with van der Waals surface area (Å²) in [5.41, 5.74) is 1.94. The van der Waals surface area contributed by atoms with E-state index in [1.165, 1.54) is 19.2 Å². The smallest absolute Gasteiger partial charge is 0.240 e. The van der Waals surface area contributed by atoms with E-state index in [0.717, 1.165) is 11.1 Å². The predicted molar refractivity (Wildman–Crippen MR) is 94.1 cm³/mol. The third-order valence-electron chi connectivity index (χ3n) is 3.80. The summed E-state index contributed by atoms with van der Waals surface area (Å²) >= 11 is 0. The van der Waals surface area contributed by atoms with Crippen molar-refractivity contribution in [3.8, 4) is 11.5 Å². The molecule has 0 aliphatic rings. The lowest BCUT2D eigenvalue weighted by atomic mass is 10.0. The van der Waals surface area contributed by atoms with Crippen LogP contribution in [0.5, 0.6) is 11.5 Å². The molecular formula is C18H23NO4S. The minimum absolute atomic E-state index is 0.163. The molecule has 0 saturated heterocycles. The van der Waals surface area contributed by atoms with Gasteiger partial charge in [0.1, 0.15) is 11.5 Å². The molecule has 0 saturated carbocycles. The topological polar surface area (TPSA) is 64.6 Å². The van der Waals surface area contributed by atoms with Crippen LogP contribution >= 0.6 is 0 Å². The Hall–Kier alpha value is -2.05. The zero-order chi connectivity index (χ0) is 17.7. The zero-order valence-electron chi connectivity index (χ0n) is 14.4. The molecule has 0 unspecified atom stereocenters. The Kier molecular flexibility index (Phi) is 5.85. The van der Waals surface area contributed by atoms with E-state index in [0.29, 0.717) is 17.4 Å². The summed E-state index contributed by atoms with van der Waals surface area (Å²) in [5, 5.41) is 0. The summed E-state index contributed by atoms with van der Waals surface area (Å²) in [7, 11) is -0.475. The molecule has 5 nitrogen and oxygen atoms in total. The van der Waals surface area contributed by atoms with Gasteiger partial charge in [-0.25, -0.2) is 13.1 Å². The number of hydrogen-bond donors (Lipinski definition) is 1. The molecule has 0 aromatic heterocycles. The van der Waals surface area contributed by atoms with Gasteiger partial charge in [0.2, 0.25) is 10.0 Å². The van der Waals surface area contributed by atoms with Gasteiger partial charge in [-0.1, -0.05) is 26.0 Å². The number of methoxy groups -OCH3 is 2. The van der Waals surface area contributed by atoms with Gasteiger partial charge in [0.25, 0.3) is 0 Å². The highest BCUT2D eigenvalue weighted by molar-refractivity contribution is 7.89. The minimum atomic E-state index is -3.60. The third-order valence-corrected chi connectivity index (χ3v) is 5.22. The quantitative estimate of drug-likeness (QED) is 0.833. The van der Waals surface area contributed by atoms with E-state index in [1.807, 2.05) is 18.2 Å². The van der Waals surface area contributed by atoms with Crippen LogP contribution in [0.3, 0.4) is 0 Å². The van der Waals surface area contributed by atoms with E-state index >= 15 is 0 Å². The second kappa shape index (κ2) is 7.68. The van der Waals surface area contributed by atoms with Crippen LogP contribution in [0.4, 0.5) is 0 Å². The van der Waals surface area contributed by atoms with Crippen molar-refractivity contribution in [1.82, 2.24) is 4.72 Å². The van der Waals surface area contributed by atoms with Crippen LogP contribution in [-0.2, 0) is 16.6 Å². The monoisotopic (exact) mass is 349 g/mol. The SMILES string of the molecule is COc1ccc(S(=O)(=O)NCc2ccc(C(C)C)cc2OC)cc1. The average Bonchev–Trinajstić information content (AvgIpc) is 2.59. The predicted octanol–water partition coefficient (Wildman–Crippen LogP) is 3.31. The summed E-state index contributed by atoms with van der Waals surface area (Å²) in [6, 6.07) is 12.1. The van der Waals surface area contributed by atoms with Crippen molar-refractivity contribution in [1.29, 1.82) is 0 Å². The van der Waals surface area contributed by atoms with Crippen LogP contribution in [0, 0.1) is 0 Å². The molecule has 2 rings (SSSR count). The van der Waals surface area contributed by atoms with Crippen molar-refractivity contribution in [2.24, 2.45) is 0 Å². The van der Waals surface area contributed by atoms with Crippen molar-refractivity contribution < 1.29 is 17.9 Å². The zero-order valence-corrected chi connectivity index (χ0v) is 15.2. The van der Waals surface area contributed by atoms with Crippen LogP contribution in [0.1, 0.15) is 30.9 Å². The first-order valence-corrected chi connectivity index (χ1v) is 9.16. The van der Waals surface area contributed by atoms with Gasteiger partial charge < -0.3 is 9.47 Å². The standard InChI is InChI=1S/C18H23NO4S/c1-13(2)14-5-6-15(18(11-14)23-4)12-19-24(20,21)17-9-7-16(22-3)8-10-17/h5-11,13,19H,12H2,1-4H3. The Balaban J connectivity index is 2.16. The van der Waals surface area contributed by atoms with Crippen LogP contribution in [0.2, 0.25) is 0 Å². The van der Waals surface area contributed by atoms with Gasteiger partial charge in [-0.15, -0.1) is 0 Å². The summed E-state index contributed by atoms with van der Waals surface area (Å²) < 4.78 is 37.8. The Morgan fingerprint density at radius 1 is 1.00 bits per heavy atom. The Bertz CT molecular complexity index is 783. The molecule has 0 bridgehead atoms. The summed E-state index contributed by atoms with van der Waals surface area (Å²) in [6.45, 7) is 4.36. The number of hydrogen-bond acceptors (Lipinski definition) is 4. The summed E-state index contributed by atoms with van der Waals surface area (Å²) in [4.78, 5) is 0.195. The maximum Gasteiger partial charge on any atom is 0.240 e. The van der Waals surface area contributed by atoms with E-state index in [2.05, 4.69) is 18.6 Å². The van der Waals surface area contributed by atoms with E-state index in [9.17, 15) is 8.42 Å². The lowest BCUT2D eigenvalue weighted by Gasteiger charge is -2.13. The first-order chi connectivity index (χ1) is 11.4. The molecule has 0 spiro atoms. The van der Waals surface area contributed by atoms with Crippen LogP contribution < -0.4 is 14.2 Å². The van der Waals surface area contributed by atoms with E-state index < -0.39 is 10.0 Å². The molecule has 0 aliphatic heterocycles. The van der Waals surface area contributed by atoms with Gasteiger partial charge in [-0.05, 0) is 41.8 Å². The van der Waals surface area contributed by atoms with Gasteiger partial charge >= 0.3 is 0 Å². The molecule has 1 N–H and O–H groups in total. The number of ether oxygens (including phenoxy) is 2. The lowest BCUT2D eigenvalue weighted by Crippen LogP contribution is -2.23. The molecule has 0 fully saturated rings. The molecule has 6 heteroatoms. The van der Waals surface area contributed by atoms with Gasteiger partial charge in [0.15, 0.2) is 0 Å². The Morgan fingerprint density at radius 3 is 2.21 bits per heavy atom. The van der Waals surface area contributed by atoms with Crippen molar-refractivity contribution >= 4 is 10.0 Å². The third kappa shape index (κ3) is 4.27. The fourth-order valence-corrected chi connectivity index (χ4v) is 3.28. The Labute approximate surface area is 143 Å². The fourth-order valence-electron chi connectivity index (χ4n) is 2.28. The van der Waals surface area contributed by atoms with Gasteiger partial charge in [-0.2, -0.15) is 0 Å². The molecule has 0 amide bonds. The highest BCUT2D eigenvalue weighted by atomic mass is 32.2. The second-order valence-electron chi connectivity index (χ2n) is 5.73. The second-order valence-corrected chi connectivity index (χ2v) is 7.49. The maximum atomic E-state index is 12.4. The van der Waals surface area contributed by atoms with Gasteiger partial charge in [-0.3, -0.25) is 0 Å². The highest BCUT2D eigenvalue weighted by Gasteiger charge is 2.15. The number of nitrogens with one attached hydrogen (secondary N) is 1. The minimum Gasteiger partial charge on any atom is -0.497 e. The largest absolute Gasteiger partial charge is 0.497 e. The van der Waals surface area contributed by atoms with Crippen LogP contribution in [0.25, 0.3) is 0 Å². The van der Waals surface area contributed by atoms with E-state index in [1.54, 1.807) is 19.2 Å². The van der Waals surface area contributed by atoms with Crippen molar-refractivity contribution in [2.75, 3.05) is 14.2 Å². The molecular weight excluding hydrogens is 326 g/mol. The van der Waals surface area contributed by atoms with Gasteiger partial charge in [0.05, 0.1) is 19.1 Å². The van der Waals surface area contributed by atoms with Gasteiger partial charge in [0, 0.05) is 12.1 Å². The molecule has 24 heavy (non-hydrogen) atoms. The molecule has 0 heterocycles. The fraction of sp³-hybridized carbons (Fsp3) is 0.333. The van der Waals surface area contributed by atoms with Crippen molar-refractivity contribution in [2.45, 2.75) is 31.2 Å². The first kappa shape index (κ1) is 18.3. The van der Waals surface area contributed by atoms with Crippen molar-refractivity contribution in [3.05, 3.63) is 53.6 Å². The first-order valence-electron chi connectivity index (χ1n) is 7.68. The summed E-state index contributed by atoms with van der Waals surface area (Å²) in [6.07, 6.45) is 0. The number of benzene rings is 2. The van der Waals surface area contributed by atoms with Crippen molar-refractivity contribution in [3.63, 3.8) is 0 Å². The molecule has 2 aromatic rings. The summed E-state index contributed by atoms with van der Waals surface area (Å²) in [5.74, 6) is 1.67. The average molecular weight is 349 g/mol. The van der Waals surface area contributed by atoms with Crippen LogP contribution in [0.15, 0.2) is 47.4 Å². The highest BCUT2D eigenvalue weighted by Crippen LogP contribution is 2.25.